The van der Waals surface area contributed by atoms with Crippen LogP contribution >= 0.6 is 0 Å². The average molecular weight is 231 g/mol. The highest BCUT2D eigenvalue weighted by Gasteiger charge is 2.08. The van der Waals surface area contributed by atoms with Gasteiger partial charge >= 0.3 is 0 Å². The first-order valence-corrected chi connectivity index (χ1v) is 6.27. The first-order chi connectivity index (χ1) is 8.29. The van der Waals surface area contributed by atoms with Crippen molar-refractivity contribution < 1.29 is 4.39 Å². The summed E-state index contributed by atoms with van der Waals surface area (Å²) >= 11 is 0. The highest BCUT2D eigenvalue weighted by molar-refractivity contribution is 5.72. The van der Waals surface area contributed by atoms with E-state index in [2.05, 4.69) is 24.1 Å². The lowest BCUT2D eigenvalue weighted by Crippen LogP contribution is -1.91. The third-order valence-electron chi connectivity index (χ3n) is 2.95. The van der Waals surface area contributed by atoms with Crippen molar-refractivity contribution in [3.05, 3.63) is 47.8 Å². The minimum Gasteiger partial charge on any atom is -0.256 e. The van der Waals surface area contributed by atoms with Crippen LogP contribution < -0.4 is 0 Å². The molecule has 0 aromatic carbocycles. The zero-order chi connectivity index (χ0) is 12.1. The second kappa shape index (κ2) is 5.76. The Kier molecular flexibility index (Phi) is 4.08. The summed E-state index contributed by atoms with van der Waals surface area (Å²) in [6, 6.07) is 4.16. The number of rotatable bonds is 3. The maximum atomic E-state index is 13.2. The second-order valence-electron chi connectivity index (χ2n) is 4.41. The molecule has 1 heterocycles. The Labute approximate surface area is 102 Å². The summed E-state index contributed by atoms with van der Waals surface area (Å²) < 4.78 is 13.2. The predicted octanol–water partition coefficient (Wildman–Crippen LogP) is 4.11. The highest BCUT2D eigenvalue weighted by atomic mass is 19.1. The molecule has 1 nitrogen and oxygen atoms in total. The molecular formula is C15H18FN. The van der Waals surface area contributed by atoms with Crippen molar-refractivity contribution >= 4 is 5.57 Å². The van der Waals surface area contributed by atoms with Crippen LogP contribution in [0.25, 0.3) is 5.57 Å². The van der Waals surface area contributed by atoms with Crippen LogP contribution in [0.15, 0.2) is 36.6 Å². The van der Waals surface area contributed by atoms with Crippen LogP contribution in [-0.4, -0.2) is 11.2 Å². The summed E-state index contributed by atoms with van der Waals surface area (Å²) in [4.78, 5) is 4.37. The first-order valence-electron chi connectivity index (χ1n) is 6.27. The molecule has 17 heavy (non-hydrogen) atoms. The summed E-state index contributed by atoms with van der Waals surface area (Å²) in [5.41, 5.74) is 3.30. The third kappa shape index (κ3) is 3.26. The van der Waals surface area contributed by atoms with Gasteiger partial charge in [0.15, 0.2) is 0 Å². The number of hydrogen-bond donors (Lipinski definition) is 0. The molecule has 0 fully saturated rings. The predicted molar refractivity (Wildman–Crippen MR) is 69.5 cm³/mol. The van der Waals surface area contributed by atoms with Gasteiger partial charge in [-0.25, -0.2) is 4.39 Å². The van der Waals surface area contributed by atoms with Crippen molar-refractivity contribution in [3.8, 4) is 0 Å². The first kappa shape index (κ1) is 12.0. The van der Waals surface area contributed by atoms with E-state index in [9.17, 15) is 4.39 Å². The Hall–Kier alpha value is -1.44. The summed E-state index contributed by atoms with van der Waals surface area (Å²) in [7, 11) is 0. The third-order valence-corrected chi connectivity index (χ3v) is 2.95. The molecule has 2 rings (SSSR count). The lowest BCUT2D eigenvalue weighted by atomic mass is 10.1. The van der Waals surface area contributed by atoms with Crippen molar-refractivity contribution in [2.75, 3.05) is 0 Å². The van der Waals surface area contributed by atoms with E-state index < -0.39 is 6.17 Å². The van der Waals surface area contributed by atoms with Gasteiger partial charge in [0.2, 0.25) is 0 Å². The molecule has 1 aliphatic rings. The molecular weight excluding hydrogens is 213 g/mol. The van der Waals surface area contributed by atoms with E-state index in [4.69, 9.17) is 0 Å². The van der Waals surface area contributed by atoms with E-state index in [0.717, 1.165) is 30.5 Å². The maximum Gasteiger partial charge on any atom is 0.119 e. The molecule has 0 bridgehead atoms. The second-order valence-corrected chi connectivity index (χ2v) is 4.41. The summed E-state index contributed by atoms with van der Waals surface area (Å²) in [5.74, 6) is 0. The zero-order valence-electron chi connectivity index (χ0n) is 10.2. The molecule has 1 aliphatic carbocycles. The van der Waals surface area contributed by atoms with Crippen LogP contribution in [0.3, 0.4) is 0 Å². The number of hydrogen-bond acceptors (Lipinski definition) is 1. The molecule has 1 aromatic rings. The van der Waals surface area contributed by atoms with Gasteiger partial charge in [0.25, 0.3) is 0 Å². The van der Waals surface area contributed by atoms with Crippen molar-refractivity contribution in [2.45, 2.75) is 38.8 Å². The normalized spacial score (nSPS) is 19.9. The fourth-order valence-electron chi connectivity index (χ4n) is 2.04. The Morgan fingerprint density at radius 2 is 2.35 bits per heavy atom. The van der Waals surface area contributed by atoms with Crippen LogP contribution in [0, 0.1) is 0 Å². The van der Waals surface area contributed by atoms with E-state index >= 15 is 0 Å². The number of allylic oxidation sites excluding steroid dienone is 4. The van der Waals surface area contributed by atoms with Gasteiger partial charge in [-0.15, -0.1) is 0 Å². The fourth-order valence-corrected chi connectivity index (χ4v) is 2.04. The van der Waals surface area contributed by atoms with Crippen molar-refractivity contribution in [3.63, 3.8) is 0 Å². The number of alkyl halides is 1. The van der Waals surface area contributed by atoms with Crippen LogP contribution in [0.1, 0.15) is 37.4 Å². The van der Waals surface area contributed by atoms with Crippen LogP contribution in [-0.2, 0) is 6.42 Å². The number of aryl methyl sites for hydroxylation is 1. The van der Waals surface area contributed by atoms with Gasteiger partial charge in [-0.1, -0.05) is 31.6 Å². The average Bonchev–Trinajstić information content (AvgIpc) is 2.55. The van der Waals surface area contributed by atoms with Gasteiger partial charge in [-0.05, 0) is 42.5 Å². The summed E-state index contributed by atoms with van der Waals surface area (Å²) in [5, 5.41) is 0. The standard InChI is InChI=1S/C15H18FN/c1-2-4-12-9-10-17-15(11-12)13-5-3-6-14(16)8-7-13/h5,7-11,14H,2-4,6H2,1H3. The Morgan fingerprint density at radius 1 is 1.47 bits per heavy atom. The Morgan fingerprint density at radius 3 is 3.18 bits per heavy atom. The van der Waals surface area contributed by atoms with Gasteiger partial charge in [0.05, 0.1) is 5.69 Å². The fraction of sp³-hybridized carbons (Fsp3) is 0.400. The van der Waals surface area contributed by atoms with Crippen LogP contribution in [0.5, 0.6) is 0 Å². The quantitative estimate of drug-likeness (QED) is 0.763. The number of nitrogens with zero attached hydrogens (tertiary/aromatic N) is 1. The van der Waals surface area contributed by atoms with E-state index in [1.807, 2.05) is 18.3 Å². The SMILES string of the molecule is CCCc1ccnc(C2=CCCC(F)C=C2)c1. The highest BCUT2D eigenvalue weighted by Crippen LogP contribution is 2.21. The molecule has 0 saturated carbocycles. The molecule has 0 spiro atoms. The maximum absolute atomic E-state index is 13.2. The van der Waals surface area contributed by atoms with Gasteiger partial charge in [0.1, 0.15) is 6.17 Å². The number of aromatic nitrogens is 1. The Balaban J connectivity index is 2.23. The molecule has 0 amide bonds. The van der Waals surface area contributed by atoms with Gasteiger partial charge in [-0.2, -0.15) is 0 Å². The van der Waals surface area contributed by atoms with Gasteiger partial charge in [-0.3, -0.25) is 4.98 Å². The molecule has 1 atom stereocenters. The molecule has 1 aromatic heterocycles. The van der Waals surface area contributed by atoms with E-state index in [1.54, 1.807) is 6.08 Å². The van der Waals surface area contributed by atoms with E-state index in [0.29, 0.717) is 6.42 Å². The van der Waals surface area contributed by atoms with E-state index in [-0.39, 0.29) is 0 Å². The molecule has 90 valence electrons. The molecule has 2 heteroatoms. The lowest BCUT2D eigenvalue weighted by Gasteiger charge is -2.04. The molecule has 0 radical (unpaired) electrons. The monoisotopic (exact) mass is 231 g/mol. The molecule has 1 unspecified atom stereocenters. The molecule has 0 aliphatic heterocycles. The molecule has 0 N–H and O–H groups in total. The summed E-state index contributed by atoms with van der Waals surface area (Å²) in [6.07, 6.45) is 10.1. The number of halogens is 1. The Bertz CT molecular complexity index is 434. The van der Waals surface area contributed by atoms with Crippen molar-refractivity contribution in [1.29, 1.82) is 0 Å². The zero-order valence-corrected chi connectivity index (χ0v) is 10.2. The van der Waals surface area contributed by atoms with Crippen molar-refractivity contribution in [1.82, 2.24) is 4.98 Å². The van der Waals surface area contributed by atoms with Crippen LogP contribution in [0.2, 0.25) is 0 Å². The minimum atomic E-state index is -0.817. The topological polar surface area (TPSA) is 12.9 Å². The minimum absolute atomic E-state index is 0.578. The largest absolute Gasteiger partial charge is 0.256 e. The lowest BCUT2D eigenvalue weighted by molar-refractivity contribution is 0.382. The van der Waals surface area contributed by atoms with Gasteiger partial charge in [0, 0.05) is 6.20 Å². The smallest absolute Gasteiger partial charge is 0.119 e. The van der Waals surface area contributed by atoms with E-state index in [1.165, 1.54) is 5.56 Å². The number of pyridine rings is 1. The van der Waals surface area contributed by atoms with Crippen molar-refractivity contribution in [2.24, 2.45) is 0 Å². The molecule has 0 saturated heterocycles. The van der Waals surface area contributed by atoms with Crippen LogP contribution in [0.4, 0.5) is 4.39 Å². The summed E-state index contributed by atoms with van der Waals surface area (Å²) in [6.45, 7) is 2.17. The van der Waals surface area contributed by atoms with Gasteiger partial charge < -0.3 is 0 Å².